The summed E-state index contributed by atoms with van der Waals surface area (Å²) < 4.78 is 5.45. The molecule has 7 heteroatoms. The van der Waals surface area contributed by atoms with Gasteiger partial charge in [-0.05, 0) is 19.8 Å². The maximum atomic E-state index is 12.1. The summed E-state index contributed by atoms with van der Waals surface area (Å²) in [5.74, 6) is -0.109. The van der Waals surface area contributed by atoms with Gasteiger partial charge in [0.1, 0.15) is 0 Å². The number of rotatable bonds is 2. The topological polar surface area (TPSA) is 81.3 Å². The number of likely N-dealkylation sites (tertiary alicyclic amines) is 1. The third kappa shape index (κ3) is 2.55. The summed E-state index contributed by atoms with van der Waals surface area (Å²) in [7, 11) is 1.68. The second kappa shape index (κ2) is 4.58. The number of carbonyl (C=O) groups excluding carboxylic acids is 1. The molecule has 0 aliphatic carbocycles. The van der Waals surface area contributed by atoms with Gasteiger partial charge in [-0.15, -0.1) is 10.2 Å². The molecule has 1 aromatic heterocycles. The van der Waals surface area contributed by atoms with Gasteiger partial charge in [-0.25, -0.2) is 0 Å². The van der Waals surface area contributed by atoms with Gasteiger partial charge in [0, 0.05) is 20.2 Å². The average Bonchev–Trinajstić information content (AvgIpc) is 2.75. The first-order valence-corrected chi connectivity index (χ1v) is 6.29. The molecule has 2 rings (SSSR count). The number of ether oxygens (including phenoxy) is 1. The molecule has 1 aliphatic rings. The normalized spacial score (nSPS) is 24.9. The summed E-state index contributed by atoms with van der Waals surface area (Å²) in [5, 5.41) is 8.10. The van der Waals surface area contributed by atoms with Crippen LogP contribution in [0, 0.1) is 0 Å². The van der Waals surface area contributed by atoms with Crippen LogP contribution in [0.2, 0.25) is 0 Å². The summed E-state index contributed by atoms with van der Waals surface area (Å²) in [6, 6.07) is 0. The Kier molecular flexibility index (Phi) is 3.30. The molecule has 1 aromatic rings. The summed E-state index contributed by atoms with van der Waals surface area (Å²) in [6.45, 7) is 3.33. The van der Waals surface area contributed by atoms with Gasteiger partial charge < -0.3 is 15.4 Å². The van der Waals surface area contributed by atoms with Crippen LogP contribution in [0.1, 0.15) is 29.6 Å². The third-order valence-corrected chi connectivity index (χ3v) is 3.80. The molecule has 0 aromatic carbocycles. The summed E-state index contributed by atoms with van der Waals surface area (Å²) in [5.41, 5.74) is 5.22. The lowest BCUT2D eigenvalue weighted by atomic mass is 9.95. The second-order valence-corrected chi connectivity index (χ2v) is 5.44. The van der Waals surface area contributed by atoms with Crippen LogP contribution in [0.25, 0.3) is 0 Å². The minimum absolute atomic E-state index is 0.109. The van der Waals surface area contributed by atoms with Crippen molar-refractivity contribution in [3.63, 3.8) is 0 Å². The maximum absolute atomic E-state index is 12.1. The van der Waals surface area contributed by atoms with Gasteiger partial charge in [-0.3, -0.25) is 4.79 Å². The Bertz CT molecular complexity index is 422. The van der Waals surface area contributed by atoms with Gasteiger partial charge in [-0.2, -0.15) is 0 Å². The standard InChI is InChI=1S/C10H16N4O2S/c1-10(16-2)4-3-5-14(6-10)8(15)7-12-13-9(11)17-7/h3-6H2,1-2H3,(H2,11,13). The largest absolute Gasteiger partial charge is 0.377 e. The van der Waals surface area contributed by atoms with Gasteiger partial charge in [-0.1, -0.05) is 11.3 Å². The van der Waals surface area contributed by atoms with E-state index >= 15 is 0 Å². The van der Waals surface area contributed by atoms with Crippen molar-refractivity contribution in [1.29, 1.82) is 0 Å². The predicted molar refractivity (Wildman–Crippen MR) is 64.9 cm³/mol. The molecule has 1 atom stereocenters. The molecular formula is C10H16N4O2S. The Morgan fingerprint density at radius 1 is 1.59 bits per heavy atom. The van der Waals surface area contributed by atoms with Crippen LogP contribution in [-0.4, -0.2) is 46.8 Å². The number of hydrogen-bond acceptors (Lipinski definition) is 6. The SMILES string of the molecule is COC1(C)CCCN(C(=O)c2nnc(N)s2)C1. The molecule has 94 valence electrons. The van der Waals surface area contributed by atoms with Gasteiger partial charge in [0.25, 0.3) is 5.91 Å². The molecule has 17 heavy (non-hydrogen) atoms. The number of nitrogens with two attached hydrogens (primary N) is 1. The highest BCUT2D eigenvalue weighted by Crippen LogP contribution is 2.25. The zero-order valence-corrected chi connectivity index (χ0v) is 10.8. The Balaban J connectivity index is 2.10. The summed E-state index contributed by atoms with van der Waals surface area (Å²) in [4.78, 5) is 13.9. The highest BCUT2D eigenvalue weighted by atomic mass is 32.1. The smallest absolute Gasteiger partial charge is 0.285 e. The highest BCUT2D eigenvalue weighted by Gasteiger charge is 2.34. The Labute approximate surface area is 104 Å². The minimum atomic E-state index is -0.260. The summed E-state index contributed by atoms with van der Waals surface area (Å²) >= 11 is 1.12. The average molecular weight is 256 g/mol. The van der Waals surface area contributed by atoms with E-state index in [4.69, 9.17) is 10.5 Å². The molecule has 2 heterocycles. The van der Waals surface area contributed by atoms with Crippen molar-refractivity contribution in [3.8, 4) is 0 Å². The Hall–Kier alpha value is -1.21. The second-order valence-electron chi connectivity index (χ2n) is 4.43. The van der Waals surface area contributed by atoms with Gasteiger partial charge >= 0.3 is 0 Å². The molecule has 6 nitrogen and oxygen atoms in total. The molecule has 2 N–H and O–H groups in total. The molecule has 0 radical (unpaired) electrons. The van der Waals surface area contributed by atoms with Crippen LogP contribution < -0.4 is 5.73 Å². The summed E-state index contributed by atoms with van der Waals surface area (Å²) in [6.07, 6.45) is 1.90. The number of hydrogen-bond donors (Lipinski definition) is 1. The highest BCUT2D eigenvalue weighted by molar-refractivity contribution is 7.16. The first-order valence-electron chi connectivity index (χ1n) is 5.47. The van der Waals surface area contributed by atoms with E-state index in [0.717, 1.165) is 30.7 Å². The van der Waals surface area contributed by atoms with E-state index < -0.39 is 0 Å². The zero-order valence-electron chi connectivity index (χ0n) is 9.97. The quantitative estimate of drug-likeness (QED) is 0.845. The molecule has 0 saturated carbocycles. The molecule has 1 amide bonds. The van der Waals surface area contributed by atoms with Crippen LogP contribution in [0.5, 0.6) is 0 Å². The lowest BCUT2D eigenvalue weighted by molar-refractivity contribution is -0.0440. The molecular weight excluding hydrogens is 240 g/mol. The van der Waals surface area contributed by atoms with Gasteiger partial charge in [0.05, 0.1) is 5.60 Å². The van der Waals surface area contributed by atoms with Crippen molar-refractivity contribution in [2.45, 2.75) is 25.4 Å². The van der Waals surface area contributed by atoms with Crippen molar-refractivity contribution < 1.29 is 9.53 Å². The van der Waals surface area contributed by atoms with Gasteiger partial charge in [0.2, 0.25) is 10.1 Å². The fourth-order valence-corrected chi connectivity index (χ4v) is 2.58. The van der Waals surface area contributed by atoms with Crippen LogP contribution >= 0.6 is 11.3 Å². The number of methoxy groups -OCH3 is 1. The van der Waals surface area contributed by atoms with E-state index in [1.807, 2.05) is 6.92 Å². The first-order chi connectivity index (χ1) is 8.04. The fourth-order valence-electron chi connectivity index (χ4n) is 2.00. The van der Waals surface area contributed by atoms with E-state index in [1.165, 1.54) is 0 Å². The molecule has 0 bridgehead atoms. The van der Waals surface area contributed by atoms with Crippen molar-refractivity contribution in [3.05, 3.63) is 5.01 Å². The molecule has 1 saturated heterocycles. The van der Waals surface area contributed by atoms with E-state index in [0.29, 0.717) is 16.7 Å². The van der Waals surface area contributed by atoms with Crippen molar-refractivity contribution >= 4 is 22.4 Å². The lowest BCUT2D eigenvalue weighted by Gasteiger charge is -2.39. The number of piperidine rings is 1. The van der Waals surface area contributed by atoms with E-state index in [1.54, 1.807) is 12.0 Å². The van der Waals surface area contributed by atoms with E-state index in [9.17, 15) is 4.79 Å². The van der Waals surface area contributed by atoms with Crippen LogP contribution in [-0.2, 0) is 4.74 Å². The van der Waals surface area contributed by atoms with Crippen LogP contribution in [0.4, 0.5) is 5.13 Å². The van der Waals surface area contributed by atoms with Crippen molar-refractivity contribution in [2.24, 2.45) is 0 Å². The molecule has 1 aliphatic heterocycles. The monoisotopic (exact) mass is 256 g/mol. The number of amides is 1. The van der Waals surface area contributed by atoms with Gasteiger partial charge in [0.15, 0.2) is 0 Å². The number of nitrogens with zero attached hydrogens (tertiary/aromatic N) is 3. The zero-order chi connectivity index (χ0) is 12.5. The lowest BCUT2D eigenvalue weighted by Crippen LogP contribution is -2.49. The number of nitrogen functional groups attached to an aromatic ring is 1. The minimum Gasteiger partial charge on any atom is -0.377 e. The Morgan fingerprint density at radius 2 is 2.35 bits per heavy atom. The fraction of sp³-hybridized carbons (Fsp3) is 0.700. The number of aromatic nitrogens is 2. The van der Waals surface area contributed by atoms with Crippen LogP contribution in [0.15, 0.2) is 0 Å². The number of anilines is 1. The van der Waals surface area contributed by atoms with E-state index in [2.05, 4.69) is 10.2 Å². The first kappa shape index (κ1) is 12.3. The van der Waals surface area contributed by atoms with Crippen molar-refractivity contribution in [2.75, 3.05) is 25.9 Å². The molecule has 1 fully saturated rings. The van der Waals surface area contributed by atoms with Crippen molar-refractivity contribution in [1.82, 2.24) is 15.1 Å². The molecule has 1 unspecified atom stereocenters. The Morgan fingerprint density at radius 3 is 2.94 bits per heavy atom. The van der Waals surface area contributed by atoms with Crippen LogP contribution in [0.3, 0.4) is 0 Å². The third-order valence-electron chi connectivity index (χ3n) is 3.06. The maximum Gasteiger partial charge on any atom is 0.285 e. The number of carbonyl (C=O) groups is 1. The predicted octanol–water partition coefficient (Wildman–Crippen LogP) is 0.761. The molecule has 0 spiro atoms. The van der Waals surface area contributed by atoms with E-state index in [-0.39, 0.29) is 11.5 Å².